The van der Waals surface area contributed by atoms with E-state index < -0.39 is 5.97 Å². The maximum Gasteiger partial charge on any atom is 0.333 e. The summed E-state index contributed by atoms with van der Waals surface area (Å²) in [6, 6.07) is 7.89. The van der Waals surface area contributed by atoms with E-state index in [-0.39, 0.29) is 13.2 Å². The number of aliphatic hydroxyl groups excluding tert-OH is 1. The van der Waals surface area contributed by atoms with Crippen LogP contribution in [-0.2, 0) is 16.0 Å². The molecule has 0 amide bonds. The lowest BCUT2D eigenvalue weighted by atomic mass is 10.1. The Morgan fingerprint density at radius 3 is 2.56 bits per heavy atom. The smallest absolute Gasteiger partial charge is 0.333 e. The molecule has 0 saturated carbocycles. The summed E-state index contributed by atoms with van der Waals surface area (Å²) in [5.74, 6) is -0.449. The highest BCUT2D eigenvalue weighted by molar-refractivity contribution is 5.88. The number of ether oxygens (including phenoxy) is 1. The summed E-state index contributed by atoms with van der Waals surface area (Å²) in [5, 5.41) is 8.51. The predicted molar refractivity (Wildman–Crippen MR) is 62.1 cm³/mol. The van der Waals surface area contributed by atoms with E-state index in [0.29, 0.717) is 12.0 Å². The van der Waals surface area contributed by atoms with Crippen molar-refractivity contribution in [2.24, 2.45) is 0 Å². The third-order valence-electron chi connectivity index (χ3n) is 2.15. The number of hydrogen-bond donors (Lipinski definition) is 1. The van der Waals surface area contributed by atoms with Crippen molar-refractivity contribution >= 4 is 5.97 Å². The third-order valence-corrected chi connectivity index (χ3v) is 2.15. The van der Waals surface area contributed by atoms with Crippen LogP contribution in [0.2, 0.25) is 0 Å². The quantitative estimate of drug-likeness (QED) is 0.606. The van der Waals surface area contributed by atoms with Gasteiger partial charge in [-0.05, 0) is 12.5 Å². The topological polar surface area (TPSA) is 46.5 Å². The molecule has 0 saturated heterocycles. The molecule has 0 unspecified atom stereocenters. The summed E-state index contributed by atoms with van der Waals surface area (Å²) < 4.78 is 4.76. The van der Waals surface area contributed by atoms with E-state index in [2.05, 4.69) is 6.58 Å². The van der Waals surface area contributed by atoms with Gasteiger partial charge in [0.15, 0.2) is 0 Å². The zero-order valence-corrected chi connectivity index (χ0v) is 9.40. The van der Waals surface area contributed by atoms with Gasteiger partial charge in [0.2, 0.25) is 0 Å². The Balaban J connectivity index is 2.51. The Kier molecular flexibility index (Phi) is 4.73. The van der Waals surface area contributed by atoms with Gasteiger partial charge in [0.1, 0.15) is 6.61 Å². The van der Waals surface area contributed by atoms with E-state index in [4.69, 9.17) is 9.84 Å². The lowest BCUT2D eigenvalue weighted by molar-refractivity contribution is -0.140. The monoisotopic (exact) mass is 220 g/mol. The summed E-state index contributed by atoms with van der Waals surface area (Å²) in [6.45, 7) is 5.53. The molecule has 16 heavy (non-hydrogen) atoms. The van der Waals surface area contributed by atoms with Gasteiger partial charge < -0.3 is 9.84 Å². The standard InChI is InChI=1S/C13H16O3/c1-10-3-5-12(6-4-10)9-11(2)13(15)16-8-7-14/h3-6,14H,2,7-9H2,1H3. The second-order valence-electron chi connectivity index (χ2n) is 3.63. The zero-order chi connectivity index (χ0) is 12.0. The Hall–Kier alpha value is -1.61. The van der Waals surface area contributed by atoms with E-state index in [1.165, 1.54) is 5.56 Å². The molecule has 3 heteroatoms. The first-order chi connectivity index (χ1) is 7.63. The van der Waals surface area contributed by atoms with E-state index in [0.717, 1.165) is 5.56 Å². The Morgan fingerprint density at radius 1 is 1.38 bits per heavy atom. The van der Waals surface area contributed by atoms with Crippen molar-refractivity contribution in [1.82, 2.24) is 0 Å². The molecule has 1 rings (SSSR count). The second-order valence-corrected chi connectivity index (χ2v) is 3.63. The molecule has 0 aliphatic heterocycles. The second kappa shape index (κ2) is 6.08. The van der Waals surface area contributed by atoms with Crippen molar-refractivity contribution in [3.05, 3.63) is 47.5 Å². The van der Waals surface area contributed by atoms with Gasteiger partial charge in [0.05, 0.1) is 6.61 Å². The van der Waals surface area contributed by atoms with Crippen LogP contribution in [0.3, 0.4) is 0 Å². The SMILES string of the molecule is C=C(Cc1ccc(C)cc1)C(=O)OCCO. The van der Waals surface area contributed by atoms with Crippen LogP contribution < -0.4 is 0 Å². The van der Waals surface area contributed by atoms with Crippen LogP contribution in [0.1, 0.15) is 11.1 Å². The molecule has 0 heterocycles. The molecular weight excluding hydrogens is 204 g/mol. The number of benzene rings is 1. The summed E-state index contributed by atoms with van der Waals surface area (Å²) >= 11 is 0. The number of hydrogen-bond acceptors (Lipinski definition) is 3. The van der Waals surface area contributed by atoms with Crippen molar-refractivity contribution in [3.63, 3.8) is 0 Å². The summed E-state index contributed by atoms with van der Waals surface area (Å²) in [5.41, 5.74) is 2.60. The van der Waals surface area contributed by atoms with Crippen LogP contribution in [0.5, 0.6) is 0 Å². The molecule has 0 atom stereocenters. The molecule has 1 N–H and O–H groups in total. The van der Waals surface area contributed by atoms with Gasteiger partial charge in [0.25, 0.3) is 0 Å². The molecule has 0 aromatic heterocycles. The molecule has 0 aliphatic carbocycles. The minimum atomic E-state index is -0.449. The first kappa shape index (κ1) is 12.5. The average molecular weight is 220 g/mol. The Bertz CT molecular complexity index is 365. The van der Waals surface area contributed by atoms with Gasteiger partial charge in [-0.3, -0.25) is 0 Å². The fourth-order valence-corrected chi connectivity index (χ4v) is 1.26. The first-order valence-corrected chi connectivity index (χ1v) is 5.15. The molecule has 1 aromatic carbocycles. The van der Waals surface area contributed by atoms with Gasteiger partial charge in [0, 0.05) is 12.0 Å². The van der Waals surface area contributed by atoms with Crippen molar-refractivity contribution in [2.45, 2.75) is 13.3 Å². The third kappa shape index (κ3) is 3.87. The van der Waals surface area contributed by atoms with E-state index in [1.807, 2.05) is 31.2 Å². The van der Waals surface area contributed by atoms with Gasteiger partial charge in [-0.2, -0.15) is 0 Å². The van der Waals surface area contributed by atoms with E-state index in [9.17, 15) is 4.79 Å². The lowest BCUT2D eigenvalue weighted by Crippen LogP contribution is -2.11. The largest absolute Gasteiger partial charge is 0.460 e. The molecule has 1 aromatic rings. The van der Waals surface area contributed by atoms with E-state index >= 15 is 0 Å². The molecule has 3 nitrogen and oxygen atoms in total. The van der Waals surface area contributed by atoms with Gasteiger partial charge in [-0.25, -0.2) is 4.79 Å². The highest BCUT2D eigenvalue weighted by Gasteiger charge is 2.08. The van der Waals surface area contributed by atoms with Crippen LogP contribution in [0, 0.1) is 6.92 Å². The van der Waals surface area contributed by atoms with Gasteiger partial charge in [-0.15, -0.1) is 0 Å². The molecule has 86 valence electrons. The summed E-state index contributed by atoms with van der Waals surface area (Å²) in [4.78, 5) is 11.3. The van der Waals surface area contributed by atoms with Crippen LogP contribution in [0.25, 0.3) is 0 Å². The number of rotatable bonds is 5. The van der Waals surface area contributed by atoms with E-state index in [1.54, 1.807) is 0 Å². The number of carbonyl (C=O) groups is 1. The molecule has 0 aliphatic rings. The lowest BCUT2D eigenvalue weighted by Gasteiger charge is -2.06. The maximum atomic E-state index is 11.3. The van der Waals surface area contributed by atoms with Crippen LogP contribution in [-0.4, -0.2) is 24.3 Å². The maximum absolute atomic E-state index is 11.3. The van der Waals surface area contributed by atoms with Crippen molar-refractivity contribution in [2.75, 3.05) is 13.2 Å². The number of esters is 1. The van der Waals surface area contributed by atoms with Crippen molar-refractivity contribution < 1.29 is 14.6 Å². The fourth-order valence-electron chi connectivity index (χ4n) is 1.26. The van der Waals surface area contributed by atoms with Gasteiger partial charge >= 0.3 is 5.97 Å². The first-order valence-electron chi connectivity index (χ1n) is 5.15. The van der Waals surface area contributed by atoms with Crippen molar-refractivity contribution in [3.8, 4) is 0 Å². The number of aliphatic hydroxyl groups is 1. The minimum absolute atomic E-state index is 0.0196. The molecular formula is C13H16O3. The minimum Gasteiger partial charge on any atom is -0.460 e. The molecule has 0 fully saturated rings. The summed E-state index contributed by atoms with van der Waals surface area (Å²) in [6.07, 6.45) is 0.477. The number of aryl methyl sites for hydroxylation is 1. The molecule has 0 bridgehead atoms. The highest BCUT2D eigenvalue weighted by atomic mass is 16.5. The molecule has 0 radical (unpaired) electrons. The van der Waals surface area contributed by atoms with Crippen LogP contribution in [0.15, 0.2) is 36.4 Å². The number of carbonyl (C=O) groups excluding carboxylic acids is 1. The zero-order valence-electron chi connectivity index (χ0n) is 9.40. The van der Waals surface area contributed by atoms with Crippen molar-refractivity contribution in [1.29, 1.82) is 0 Å². The highest BCUT2D eigenvalue weighted by Crippen LogP contribution is 2.09. The normalized spacial score (nSPS) is 9.88. The average Bonchev–Trinajstić information content (AvgIpc) is 2.29. The predicted octanol–water partition coefficient (Wildman–Crippen LogP) is 1.63. The fraction of sp³-hybridized carbons (Fsp3) is 0.308. The Morgan fingerprint density at radius 2 is 2.00 bits per heavy atom. The molecule has 0 spiro atoms. The van der Waals surface area contributed by atoms with Crippen LogP contribution in [0.4, 0.5) is 0 Å². The van der Waals surface area contributed by atoms with Crippen LogP contribution >= 0.6 is 0 Å². The summed E-state index contributed by atoms with van der Waals surface area (Å²) in [7, 11) is 0. The Labute approximate surface area is 95.4 Å². The van der Waals surface area contributed by atoms with Gasteiger partial charge in [-0.1, -0.05) is 36.4 Å².